The minimum Gasteiger partial charge on any atom is -0.314 e. The lowest BCUT2D eigenvalue weighted by molar-refractivity contribution is 0.254. The number of aryl methyl sites for hydroxylation is 1. The van der Waals surface area contributed by atoms with Gasteiger partial charge in [-0.25, -0.2) is 13.4 Å². The maximum absolute atomic E-state index is 11.9. The molecule has 1 aliphatic rings. The first-order chi connectivity index (χ1) is 8.55. The van der Waals surface area contributed by atoms with Crippen LogP contribution in [0.2, 0.25) is 0 Å². The van der Waals surface area contributed by atoms with Crippen LogP contribution < -0.4 is 10.0 Å². The minimum atomic E-state index is -3.28. The molecule has 2 heterocycles. The van der Waals surface area contributed by atoms with Crippen molar-refractivity contribution in [2.75, 3.05) is 43.2 Å². The molecule has 0 atom stereocenters. The van der Waals surface area contributed by atoms with E-state index in [1.165, 1.54) is 11.3 Å². The Balaban J connectivity index is 1.83. The van der Waals surface area contributed by atoms with Gasteiger partial charge in [0, 0.05) is 38.1 Å². The third-order valence-corrected chi connectivity index (χ3v) is 4.98. The Bertz CT molecular complexity index is 480. The summed E-state index contributed by atoms with van der Waals surface area (Å²) in [6.07, 6.45) is 0. The van der Waals surface area contributed by atoms with Gasteiger partial charge in [0.05, 0.1) is 11.4 Å². The molecule has 8 heteroatoms. The minimum absolute atomic E-state index is 0.117. The lowest BCUT2D eigenvalue weighted by Crippen LogP contribution is -2.45. The van der Waals surface area contributed by atoms with Crippen molar-refractivity contribution < 1.29 is 8.42 Å². The number of nitrogens with one attached hydrogen (secondary N) is 2. The molecule has 18 heavy (non-hydrogen) atoms. The lowest BCUT2D eigenvalue weighted by atomic mass is 10.4. The molecular formula is C10H18N4O2S2. The monoisotopic (exact) mass is 290 g/mol. The molecule has 0 saturated carbocycles. The Kier molecular flexibility index (Phi) is 4.55. The second-order valence-corrected chi connectivity index (χ2v) is 7.01. The van der Waals surface area contributed by atoms with Gasteiger partial charge in [-0.15, -0.1) is 11.3 Å². The Labute approximate surface area is 111 Å². The normalized spacial score (nSPS) is 17.8. The largest absolute Gasteiger partial charge is 0.314 e. The first-order valence-corrected chi connectivity index (χ1v) is 8.44. The zero-order valence-corrected chi connectivity index (χ0v) is 12.0. The van der Waals surface area contributed by atoms with E-state index < -0.39 is 10.0 Å². The molecule has 0 amide bonds. The van der Waals surface area contributed by atoms with E-state index in [0.29, 0.717) is 11.7 Å². The summed E-state index contributed by atoms with van der Waals surface area (Å²) in [6, 6.07) is 0. The molecule has 2 rings (SSSR count). The van der Waals surface area contributed by atoms with E-state index in [1.807, 2.05) is 12.3 Å². The van der Waals surface area contributed by atoms with Gasteiger partial charge >= 0.3 is 0 Å². The van der Waals surface area contributed by atoms with Crippen molar-refractivity contribution >= 4 is 26.5 Å². The molecule has 0 aromatic carbocycles. The van der Waals surface area contributed by atoms with E-state index in [0.717, 1.165) is 31.9 Å². The Morgan fingerprint density at radius 1 is 1.50 bits per heavy atom. The zero-order chi connectivity index (χ0) is 13.0. The van der Waals surface area contributed by atoms with E-state index >= 15 is 0 Å². The molecule has 1 aromatic rings. The summed E-state index contributed by atoms with van der Waals surface area (Å²) >= 11 is 1.31. The van der Waals surface area contributed by atoms with E-state index in [4.69, 9.17) is 0 Å². The highest BCUT2D eigenvalue weighted by Gasteiger charge is 2.16. The third-order valence-electron chi connectivity index (χ3n) is 2.75. The van der Waals surface area contributed by atoms with Crippen LogP contribution in [0.5, 0.6) is 0 Å². The van der Waals surface area contributed by atoms with Gasteiger partial charge in [-0.05, 0) is 6.92 Å². The van der Waals surface area contributed by atoms with E-state index in [2.05, 4.69) is 19.9 Å². The predicted octanol–water partition coefficient (Wildman–Crippen LogP) is 0.0984. The fraction of sp³-hybridized carbons (Fsp3) is 0.700. The van der Waals surface area contributed by atoms with Crippen molar-refractivity contribution in [2.45, 2.75) is 6.92 Å². The maximum Gasteiger partial charge on any atom is 0.235 e. The van der Waals surface area contributed by atoms with Crippen LogP contribution in [0.15, 0.2) is 5.38 Å². The Morgan fingerprint density at radius 3 is 2.83 bits per heavy atom. The number of hydrogen-bond acceptors (Lipinski definition) is 6. The number of sulfonamides is 1. The number of anilines is 1. The summed E-state index contributed by atoms with van der Waals surface area (Å²) in [5.74, 6) is 0.117. The average Bonchev–Trinajstić information content (AvgIpc) is 2.73. The van der Waals surface area contributed by atoms with Gasteiger partial charge < -0.3 is 5.32 Å². The summed E-state index contributed by atoms with van der Waals surface area (Å²) in [5, 5.41) is 5.52. The van der Waals surface area contributed by atoms with Gasteiger partial charge in [0.1, 0.15) is 0 Å². The molecule has 0 aliphatic carbocycles. The van der Waals surface area contributed by atoms with Gasteiger partial charge in [0.2, 0.25) is 10.0 Å². The van der Waals surface area contributed by atoms with E-state index in [1.54, 1.807) is 0 Å². The molecule has 1 saturated heterocycles. The van der Waals surface area contributed by atoms with E-state index in [-0.39, 0.29) is 5.75 Å². The molecule has 102 valence electrons. The molecular weight excluding hydrogens is 272 g/mol. The highest BCUT2D eigenvalue weighted by molar-refractivity contribution is 7.92. The van der Waals surface area contributed by atoms with Crippen LogP contribution in [0.1, 0.15) is 5.69 Å². The predicted molar refractivity (Wildman–Crippen MR) is 73.6 cm³/mol. The second-order valence-electron chi connectivity index (χ2n) is 4.31. The third kappa shape index (κ3) is 4.20. The van der Waals surface area contributed by atoms with Crippen molar-refractivity contribution in [1.29, 1.82) is 0 Å². The van der Waals surface area contributed by atoms with Crippen LogP contribution in [0, 0.1) is 6.92 Å². The smallest absolute Gasteiger partial charge is 0.235 e. The second kappa shape index (κ2) is 5.96. The van der Waals surface area contributed by atoms with Crippen molar-refractivity contribution in [3.63, 3.8) is 0 Å². The highest BCUT2D eigenvalue weighted by atomic mass is 32.2. The number of aromatic nitrogens is 1. The maximum atomic E-state index is 11.9. The fourth-order valence-electron chi connectivity index (χ4n) is 1.77. The van der Waals surface area contributed by atoms with Gasteiger partial charge in [-0.2, -0.15) is 0 Å². The molecule has 1 fully saturated rings. The molecule has 0 bridgehead atoms. The van der Waals surface area contributed by atoms with Crippen molar-refractivity contribution in [3.8, 4) is 0 Å². The number of piperazine rings is 1. The Morgan fingerprint density at radius 2 is 2.22 bits per heavy atom. The zero-order valence-electron chi connectivity index (χ0n) is 10.3. The standard InChI is InChI=1S/C10H18N4O2S2/c1-9-8-17-10(12-9)13-18(15,16)7-6-14-4-2-11-3-5-14/h8,11H,2-7H2,1H3,(H,12,13). The number of thiazole rings is 1. The topological polar surface area (TPSA) is 74.3 Å². The summed E-state index contributed by atoms with van der Waals surface area (Å²) in [5.41, 5.74) is 0.833. The number of hydrogen-bond donors (Lipinski definition) is 2. The fourth-order valence-corrected chi connectivity index (χ4v) is 3.79. The van der Waals surface area contributed by atoms with Crippen molar-refractivity contribution in [2.24, 2.45) is 0 Å². The van der Waals surface area contributed by atoms with Crippen LogP contribution in [0.4, 0.5) is 5.13 Å². The molecule has 1 aromatic heterocycles. The lowest BCUT2D eigenvalue weighted by Gasteiger charge is -2.26. The SMILES string of the molecule is Cc1csc(NS(=O)(=O)CCN2CCNCC2)n1. The van der Waals surface area contributed by atoms with Gasteiger partial charge in [0.15, 0.2) is 5.13 Å². The quantitative estimate of drug-likeness (QED) is 0.804. The van der Waals surface area contributed by atoms with Crippen LogP contribution in [-0.2, 0) is 10.0 Å². The molecule has 1 aliphatic heterocycles. The van der Waals surface area contributed by atoms with Gasteiger partial charge in [-0.1, -0.05) is 0 Å². The summed E-state index contributed by atoms with van der Waals surface area (Å²) in [7, 11) is -3.28. The van der Waals surface area contributed by atoms with Crippen molar-refractivity contribution in [3.05, 3.63) is 11.1 Å². The molecule has 0 unspecified atom stereocenters. The molecule has 6 nitrogen and oxygen atoms in total. The average molecular weight is 290 g/mol. The molecule has 2 N–H and O–H groups in total. The number of rotatable bonds is 5. The molecule has 0 spiro atoms. The number of nitrogens with zero attached hydrogens (tertiary/aromatic N) is 2. The summed E-state index contributed by atoms with van der Waals surface area (Å²) in [6.45, 7) is 6.09. The van der Waals surface area contributed by atoms with Crippen LogP contribution in [0.25, 0.3) is 0 Å². The summed E-state index contributed by atoms with van der Waals surface area (Å²) in [4.78, 5) is 6.25. The van der Waals surface area contributed by atoms with Gasteiger partial charge in [-0.3, -0.25) is 9.62 Å². The van der Waals surface area contributed by atoms with Gasteiger partial charge in [0.25, 0.3) is 0 Å². The van der Waals surface area contributed by atoms with Crippen LogP contribution in [-0.4, -0.2) is 56.8 Å². The summed E-state index contributed by atoms with van der Waals surface area (Å²) < 4.78 is 26.2. The highest BCUT2D eigenvalue weighted by Crippen LogP contribution is 2.15. The Hall–Kier alpha value is -0.700. The van der Waals surface area contributed by atoms with Crippen LogP contribution in [0.3, 0.4) is 0 Å². The van der Waals surface area contributed by atoms with E-state index in [9.17, 15) is 8.42 Å². The molecule has 0 radical (unpaired) electrons. The first kappa shape index (κ1) is 13.7. The van der Waals surface area contributed by atoms with Crippen molar-refractivity contribution in [1.82, 2.24) is 15.2 Å². The van der Waals surface area contributed by atoms with Crippen LogP contribution >= 0.6 is 11.3 Å². The first-order valence-electron chi connectivity index (χ1n) is 5.91.